The van der Waals surface area contributed by atoms with Crippen molar-refractivity contribution in [2.45, 2.75) is 6.92 Å². The smallest absolute Gasteiger partial charge is 0.123 e. The van der Waals surface area contributed by atoms with Crippen LogP contribution in [0.25, 0.3) is 11.6 Å². The van der Waals surface area contributed by atoms with E-state index in [1.165, 1.54) is 12.1 Å². The van der Waals surface area contributed by atoms with E-state index < -0.39 is 0 Å². The van der Waals surface area contributed by atoms with Crippen LogP contribution in [0.3, 0.4) is 0 Å². The Morgan fingerprint density at radius 2 is 2.00 bits per heavy atom. The normalized spacial score (nSPS) is 10.9. The van der Waals surface area contributed by atoms with Crippen LogP contribution < -0.4 is 4.74 Å². The highest BCUT2D eigenvalue weighted by Gasteiger charge is 2.02. The molecule has 0 fully saturated rings. The second-order valence-electron chi connectivity index (χ2n) is 4.18. The highest BCUT2D eigenvalue weighted by molar-refractivity contribution is 5.89. The quantitative estimate of drug-likeness (QED) is 0.611. The van der Waals surface area contributed by atoms with Gasteiger partial charge >= 0.3 is 0 Å². The van der Waals surface area contributed by atoms with Crippen molar-refractivity contribution in [1.29, 1.82) is 5.26 Å². The molecule has 0 atom stereocenters. The van der Waals surface area contributed by atoms with Crippen LogP contribution in [0, 0.1) is 17.1 Å². The molecular formula is C17H14FNO. The molecule has 2 rings (SSSR count). The van der Waals surface area contributed by atoms with Gasteiger partial charge in [0.1, 0.15) is 11.6 Å². The van der Waals surface area contributed by atoms with Crippen molar-refractivity contribution in [1.82, 2.24) is 0 Å². The van der Waals surface area contributed by atoms with E-state index in [4.69, 9.17) is 4.74 Å². The summed E-state index contributed by atoms with van der Waals surface area (Å²) in [6, 6.07) is 15.5. The first-order valence-corrected chi connectivity index (χ1v) is 6.33. The number of nitriles is 1. The summed E-state index contributed by atoms with van der Waals surface area (Å²) >= 11 is 0. The number of hydrogen-bond donors (Lipinski definition) is 0. The first-order valence-electron chi connectivity index (χ1n) is 6.33. The van der Waals surface area contributed by atoms with Gasteiger partial charge in [-0.15, -0.1) is 0 Å². The second-order valence-corrected chi connectivity index (χ2v) is 4.18. The number of allylic oxidation sites excluding steroid dienone is 1. The largest absolute Gasteiger partial charge is 0.494 e. The molecule has 0 radical (unpaired) electrons. The molecule has 0 saturated heterocycles. The number of hydrogen-bond acceptors (Lipinski definition) is 2. The zero-order valence-electron chi connectivity index (χ0n) is 11.1. The lowest BCUT2D eigenvalue weighted by Gasteiger charge is -2.03. The summed E-state index contributed by atoms with van der Waals surface area (Å²) in [5, 5.41) is 9.21. The molecule has 0 unspecified atom stereocenters. The van der Waals surface area contributed by atoms with E-state index in [1.54, 1.807) is 18.2 Å². The molecule has 0 bridgehead atoms. The molecule has 0 aromatic heterocycles. The zero-order chi connectivity index (χ0) is 14.4. The van der Waals surface area contributed by atoms with Gasteiger partial charge < -0.3 is 4.74 Å². The van der Waals surface area contributed by atoms with Crippen LogP contribution in [0.2, 0.25) is 0 Å². The molecule has 3 heteroatoms. The summed E-state index contributed by atoms with van der Waals surface area (Å²) in [6.07, 6.45) is 1.73. The maximum atomic E-state index is 13.2. The standard InChI is InChI=1S/C17H14FNO/c1-2-20-17-8-6-13(7-9-17)10-15(12-19)14-4-3-5-16(18)11-14/h3-11H,2H2,1H3/b15-10-. The molecule has 2 aromatic rings. The minimum Gasteiger partial charge on any atom is -0.494 e. The SMILES string of the molecule is CCOc1ccc(/C=C(/C#N)c2cccc(F)c2)cc1. The van der Waals surface area contributed by atoms with Crippen LogP contribution >= 0.6 is 0 Å². The monoisotopic (exact) mass is 267 g/mol. The Morgan fingerprint density at radius 3 is 2.60 bits per heavy atom. The molecule has 100 valence electrons. The van der Waals surface area contributed by atoms with Crippen LogP contribution in [-0.2, 0) is 0 Å². The van der Waals surface area contributed by atoms with Gasteiger partial charge in [-0.2, -0.15) is 5.26 Å². The fourth-order valence-electron chi connectivity index (χ4n) is 1.83. The lowest BCUT2D eigenvalue weighted by Crippen LogP contribution is -1.90. The third kappa shape index (κ3) is 3.46. The van der Waals surface area contributed by atoms with E-state index in [0.717, 1.165) is 11.3 Å². The highest BCUT2D eigenvalue weighted by Crippen LogP contribution is 2.20. The molecule has 0 aliphatic carbocycles. The van der Waals surface area contributed by atoms with Crippen molar-refractivity contribution < 1.29 is 9.13 Å². The van der Waals surface area contributed by atoms with Gasteiger partial charge in [0.2, 0.25) is 0 Å². The van der Waals surface area contributed by atoms with Crippen LogP contribution in [-0.4, -0.2) is 6.61 Å². The first kappa shape index (κ1) is 13.8. The predicted octanol–water partition coefficient (Wildman–Crippen LogP) is 4.29. The first-order chi connectivity index (χ1) is 9.72. The molecule has 20 heavy (non-hydrogen) atoms. The minimum atomic E-state index is -0.352. The fourth-order valence-corrected chi connectivity index (χ4v) is 1.83. The van der Waals surface area contributed by atoms with Crippen molar-refractivity contribution in [2.75, 3.05) is 6.61 Å². The van der Waals surface area contributed by atoms with Gasteiger partial charge in [-0.25, -0.2) is 4.39 Å². The number of rotatable bonds is 4. The van der Waals surface area contributed by atoms with E-state index in [2.05, 4.69) is 6.07 Å². The Kier molecular flexibility index (Phi) is 4.52. The number of nitrogens with zero attached hydrogens (tertiary/aromatic N) is 1. The topological polar surface area (TPSA) is 33.0 Å². The molecule has 0 amide bonds. The molecule has 0 aliphatic rings. The van der Waals surface area contributed by atoms with Gasteiger partial charge in [-0.1, -0.05) is 24.3 Å². The average Bonchev–Trinajstić information content (AvgIpc) is 2.47. The van der Waals surface area contributed by atoms with Crippen LogP contribution in [0.4, 0.5) is 4.39 Å². The zero-order valence-corrected chi connectivity index (χ0v) is 11.1. The summed E-state index contributed by atoms with van der Waals surface area (Å²) in [5.41, 5.74) is 1.87. The highest BCUT2D eigenvalue weighted by atomic mass is 19.1. The predicted molar refractivity (Wildman–Crippen MR) is 77.5 cm³/mol. The Balaban J connectivity index is 2.29. The molecule has 0 heterocycles. The van der Waals surface area contributed by atoms with E-state index in [9.17, 15) is 9.65 Å². The van der Waals surface area contributed by atoms with E-state index in [-0.39, 0.29) is 5.82 Å². The minimum absolute atomic E-state index is 0.352. The Morgan fingerprint density at radius 1 is 1.25 bits per heavy atom. The van der Waals surface area contributed by atoms with Gasteiger partial charge in [-0.05, 0) is 48.4 Å². The Bertz CT molecular complexity index is 653. The molecule has 2 nitrogen and oxygen atoms in total. The second kappa shape index (κ2) is 6.53. The van der Waals surface area contributed by atoms with Crippen molar-refractivity contribution >= 4 is 11.6 Å². The van der Waals surface area contributed by atoms with Crippen molar-refractivity contribution in [3.63, 3.8) is 0 Å². The molecule has 0 saturated carbocycles. The van der Waals surface area contributed by atoms with Gasteiger partial charge in [0.05, 0.1) is 18.2 Å². The summed E-state index contributed by atoms with van der Waals surface area (Å²) in [6.45, 7) is 2.54. The molecular weight excluding hydrogens is 253 g/mol. The number of ether oxygens (including phenoxy) is 1. The third-order valence-electron chi connectivity index (χ3n) is 2.76. The summed E-state index contributed by atoms with van der Waals surface area (Å²) in [7, 11) is 0. The van der Waals surface area contributed by atoms with E-state index in [1.807, 2.05) is 31.2 Å². The van der Waals surface area contributed by atoms with Crippen molar-refractivity contribution in [3.05, 3.63) is 65.5 Å². The van der Waals surface area contributed by atoms with E-state index >= 15 is 0 Å². The van der Waals surface area contributed by atoms with Gasteiger partial charge in [0, 0.05) is 0 Å². The molecule has 0 N–H and O–H groups in total. The number of halogens is 1. The summed E-state index contributed by atoms with van der Waals surface area (Å²) < 4.78 is 18.5. The maximum absolute atomic E-state index is 13.2. The maximum Gasteiger partial charge on any atom is 0.123 e. The summed E-state index contributed by atoms with van der Waals surface area (Å²) in [5.74, 6) is 0.434. The summed E-state index contributed by atoms with van der Waals surface area (Å²) in [4.78, 5) is 0. The van der Waals surface area contributed by atoms with Crippen molar-refractivity contribution in [2.24, 2.45) is 0 Å². The van der Waals surface area contributed by atoms with Crippen LogP contribution in [0.5, 0.6) is 5.75 Å². The molecule has 0 spiro atoms. The fraction of sp³-hybridized carbons (Fsp3) is 0.118. The van der Waals surface area contributed by atoms with Gasteiger partial charge in [0.25, 0.3) is 0 Å². The Hall–Kier alpha value is -2.60. The van der Waals surface area contributed by atoms with Gasteiger partial charge in [-0.3, -0.25) is 0 Å². The Labute approximate surface area is 117 Å². The van der Waals surface area contributed by atoms with Crippen LogP contribution in [0.1, 0.15) is 18.1 Å². The van der Waals surface area contributed by atoms with Gasteiger partial charge in [0.15, 0.2) is 0 Å². The van der Waals surface area contributed by atoms with Crippen molar-refractivity contribution in [3.8, 4) is 11.8 Å². The lowest BCUT2D eigenvalue weighted by molar-refractivity contribution is 0.340. The lowest BCUT2D eigenvalue weighted by atomic mass is 10.0. The third-order valence-corrected chi connectivity index (χ3v) is 2.76. The number of benzene rings is 2. The average molecular weight is 267 g/mol. The van der Waals surface area contributed by atoms with Crippen LogP contribution in [0.15, 0.2) is 48.5 Å². The molecule has 0 aliphatic heterocycles. The van der Waals surface area contributed by atoms with E-state index in [0.29, 0.717) is 17.7 Å². The molecule has 2 aromatic carbocycles.